The molecule has 2 heterocycles. The van der Waals surface area contributed by atoms with E-state index in [-0.39, 0.29) is 0 Å². The van der Waals surface area contributed by atoms with Crippen LogP contribution in [0.4, 0.5) is 0 Å². The van der Waals surface area contributed by atoms with Crippen LogP contribution in [0.15, 0.2) is 0 Å². The van der Waals surface area contributed by atoms with Crippen LogP contribution in [-0.2, 0) is 10.2 Å². The molecule has 0 radical (unpaired) electrons. The van der Waals surface area contributed by atoms with Gasteiger partial charge in [0.2, 0.25) is 0 Å². The number of nitrogens with zero attached hydrogens (tertiary/aromatic N) is 2. The van der Waals surface area contributed by atoms with Crippen molar-refractivity contribution in [1.29, 1.82) is 0 Å². The number of hydrogen-bond donors (Lipinski definition) is 1. The standard InChI is InChI=1S/C12H25N3O2S/c13-7-5-12-6-10-15(11-12)18(16,17)14-8-3-1-2-4-9-14/h12H,1-11,13H2. The van der Waals surface area contributed by atoms with Crippen molar-refractivity contribution < 1.29 is 8.42 Å². The predicted octanol–water partition coefficient (Wildman–Crippen LogP) is 0.778. The van der Waals surface area contributed by atoms with Crippen LogP contribution >= 0.6 is 0 Å². The zero-order valence-corrected chi connectivity index (χ0v) is 11.9. The van der Waals surface area contributed by atoms with Gasteiger partial charge in [-0.25, -0.2) is 0 Å². The van der Waals surface area contributed by atoms with E-state index in [0.29, 0.717) is 38.6 Å². The molecule has 0 aromatic rings. The minimum Gasteiger partial charge on any atom is -0.330 e. The molecule has 2 aliphatic heterocycles. The zero-order chi connectivity index (χ0) is 13.0. The van der Waals surface area contributed by atoms with Crippen molar-refractivity contribution in [2.24, 2.45) is 11.7 Å². The maximum absolute atomic E-state index is 12.5. The van der Waals surface area contributed by atoms with Gasteiger partial charge in [0.15, 0.2) is 0 Å². The second-order valence-electron chi connectivity index (χ2n) is 5.41. The van der Waals surface area contributed by atoms with Crippen molar-refractivity contribution in [2.75, 3.05) is 32.7 Å². The lowest BCUT2D eigenvalue weighted by Crippen LogP contribution is -2.43. The molecule has 0 spiro atoms. The van der Waals surface area contributed by atoms with E-state index >= 15 is 0 Å². The zero-order valence-electron chi connectivity index (χ0n) is 11.1. The average molecular weight is 275 g/mol. The molecule has 0 saturated carbocycles. The van der Waals surface area contributed by atoms with Crippen LogP contribution < -0.4 is 5.73 Å². The molecule has 106 valence electrons. The van der Waals surface area contributed by atoms with E-state index in [2.05, 4.69) is 0 Å². The fourth-order valence-corrected chi connectivity index (χ4v) is 4.70. The van der Waals surface area contributed by atoms with Crippen LogP contribution in [0.25, 0.3) is 0 Å². The van der Waals surface area contributed by atoms with Crippen LogP contribution in [0.3, 0.4) is 0 Å². The maximum atomic E-state index is 12.5. The van der Waals surface area contributed by atoms with Gasteiger partial charge in [-0.1, -0.05) is 12.8 Å². The monoisotopic (exact) mass is 275 g/mol. The lowest BCUT2D eigenvalue weighted by atomic mass is 10.1. The summed E-state index contributed by atoms with van der Waals surface area (Å²) in [7, 11) is -3.21. The van der Waals surface area contributed by atoms with Gasteiger partial charge < -0.3 is 5.73 Å². The van der Waals surface area contributed by atoms with Gasteiger partial charge in [0.25, 0.3) is 10.2 Å². The summed E-state index contributed by atoms with van der Waals surface area (Å²) in [6.07, 6.45) is 6.21. The van der Waals surface area contributed by atoms with E-state index < -0.39 is 10.2 Å². The Labute approximate surface area is 110 Å². The van der Waals surface area contributed by atoms with Crippen LogP contribution in [0.2, 0.25) is 0 Å². The van der Waals surface area contributed by atoms with E-state index in [1.54, 1.807) is 8.61 Å². The molecule has 0 aromatic heterocycles. The Morgan fingerprint density at radius 1 is 1.00 bits per heavy atom. The number of hydrogen-bond acceptors (Lipinski definition) is 3. The first-order chi connectivity index (χ1) is 8.64. The van der Waals surface area contributed by atoms with Gasteiger partial charge in [0.05, 0.1) is 0 Å². The highest BCUT2D eigenvalue weighted by Gasteiger charge is 2.35. The van der Waals surface area contributed by atoms with Gasteiger partial charge in [0, 0.05) is 26.2 Å². The Morgan fingerprint density at radius 3 is 2.28 bits per heavy atom. The van der Waals surface area contributed by atoms with Gasteiger partial charge in [0.1, 0.15) is 0 Å². The van der Waals surface area contributed by atoms with Crippen molar-refractivity contribution in [3.05, 3.63) is 0 Å². The van der Waals surface area contributed by atoms with Gasteiger partial charge >= 0.3 is 0 Å². The Hall–Kier alpha value is -0.170. The molecular formula is C12H25N3O2S. The Balaban J connectivity index is 1.97. The van der Waals surface area contributed by atoms with Gasteiger partial charge in [-0.3, -0.25) is 0 Å². The predicted molar refractivity (Wildman–Crippen MR) is 72.3 cm³/mol. The molecule has 2 rings (SSSR count). The van der Waals surface area contributed by atoms with Crippen LogP contribution in [0, 0.1) is 5.92 Å². The van der Waals surface area contributed by atoms with Gasteiger partial charge in [-0.15, -0.1) is 0 Å². The molecule has 2 fully saturated rings. The molecule has 6 heteroatoms. The molecule has 2 saturated heterocycles. The Kier molecular flexibility index (Phi) is 5.00. The highest BCUT2D eigenvalue weighted by atomic mass is 32.2. The molecule has 0 bridgehead atoms. The average Bonchev–Trinajstić information content (AvgIpc) is 2.65. The third-order valence-electron chi connectivity index (χ3n) is 4.04. The summed E-state index contributed by atoms with van der Waals surface area (Å²) < 4.78 is 28.4. The summed E-state index contributed by atoms with van der Waals surface area (Å²) in [6, 6.07) is 0. The third-order valence-corrected chi connectivity index (χ3v) is 6.04. The highest BCUT2D eigenvalue weighted by Crippen LogP contribution is 2.25. The molecule has 1 atom stereocenters. The van der Waals surface area contributed by atoms with E-state index in [1.165, 1.54) is 0 Å². The summed E-state index contributed by atoms with van der Waals surface area (Å²) in [6.45, 7) is 3.38. The lowest BCUT2D eigenvalue weighted by Gasteiger charge is -2.26. The van der Waals surface area contributed by atoms with Crippen molar-refractivity contribution in [3.8, 4) is 0 Å². The quantitative estimate of drug-likeness (QED) is 0.824. The first-order valence-electron chi connectivity index (χ1n) is 7.10. The molecule has 18 heavy (non-hydrogen) atoms. The van der Waals surface area contributed by atoms with Crippen molar-refractivity contribution in [2.45, 2.75) is 38.5 Å². The van der Waals surface area contributed by atoms with Gasteiger partial charge in [-0.2, -0.15) is 17.0 Å². The first-order valence-corrected chi connectivity index (χ1v) is 8.49. The molecule has 0 amide bonds. The SMILES string of the molecule is NCCC1CCN(S(=O)(=O)N2CCCCCC2)C1. The van der Waals surface area contributed by atoms with Crippen LogP contribution in [-0.4, -0.2) is 49.8 Å². The summed E-state index contributed by atoms with van der Waals surface area (Å²) in [4.78, 5) is 0. The van der Waals surface area contributed by atoms with E-state index in [9.17, 15) is 8.42 Å². The van der Waals surface area contributed by atoms with E-state index in [1.807, 2.05) is 0 Å². The molecular weight excluding hydrogens is 250 g/mol. The Bertz CT molecular complexity index is 350. The fourth-order valence-electron chi connectivity index (χ4n) is 2.91. The maximum Gasteiger partial charge on any atom is 0.281 e. The molecule has 0 aromatic carbocycles. The number of rotatable bonds is 4. The fraction of sp³-hybridized carbons (Fsp3) is 1.00. The highest BCUT2D eigenvalue weighted by molar-refractivity contribution is 7.86. The van der Waals surface area contributed by atoms with Crippen LogP contribution in [0.5, 0.6) is 0 Å². The van der Waals surface area contributed by atoms with Crippen molar-refractivity contribution in [3.63, 3.8) is 0 Å². The normalized spacial score (nSPS) is 28.4. The van der Waals surface area contributed by atoms with Crippen molar-refractivity contribution in [1.82, 2.24) is 8.61 Å². The molecule has 2 aliphatic rings. The smallest absolute Gasteiger partial charge is 0.281 e. The summed E-state index contributed by atoms with van der Waals surface area (Å²) in [5.74, 6) is 0.455. The largest absolute Gasteiger partial charge is 0.330 e. The topological polar surface area (TPSA) is 66.6 Å². The Morgan fingerprint density at radius 2 is 1.67 bits per heavy atom. The minimum atomic E-state index is -3.21. The molecule has 2 N–H and O–H groups in total. The van der Waals surface area contributed by atoms with Gasteiger partial charge in [-0.05, 0) is 38.1 Å². The van der Waals surface area contributed by atoms with Crippen LogP contribution in [0.1, 0.15) is 38.5 Å². The molecule has 5 nitrogen and oxygen atoms in total. The summed E-state index contributed by atoms with van der Waals surface area (Å²) >= 11 is 0. The van der Waals surface area contributed by atoms with E-state index in [4.69, 9.17) is 5.73 Å². The second kappa shape index (κ2) is 6.32. The third kappa shape index (κ3) is 3.23. The molecule has 1 unspecified atom stereocenters. The summed E-state index contributed by atoms with van der Waals surface area (Å²) in [5, 5.41) is 0. The minimum absolute atomic E-state index is 0.455. The first kappa shape index (κ1) is 14.2. The lowest BCUT2D eigenvalue weighted by molar-refractivity contribution is 0.360. The summed E-state index contributed by atoms with van der Waals surface area (Å²) in [5.41, 5.74) is 5.55. The molecule has 0 aliphatic carbocycles. The van der Waals surface area contributed by atoms with Crippen molar-refractivity contribution >= 4 is 10.2 Å². The van der Waals surface area contributed by atoms with E-state index in [0.717, 1.165) is 38.5 Å². The number of nitrogens with two attached hydrogens (primary N) is 1. The second-order valence-corrected chi connectivity index (χ2v) is 7.34.